The summed E-state index contributed by atoms with van der Waals surface area (Å²) in [5.41, 5.74) is 2.18. The zero-order valence-corrected chi connectivity index (χ0v) is 19.7. The Hall–Kier alpha value is -1.90. The van der Waals surface area contributed by atoms with Crippen LogP contribution in [-0.4, -0.2) is 48.7 Å². The maximum absolute atomic E-state index is 6.05. The second-order valence-corrected chi connectivity index (χ2v) is 8.70. The van der Waals surface area contributed by atoms with Crippen molar-refractivity contribution in [3.63, 3.8) is 0 Å². The fourth-order valence-electron chi connectivity index (χ4n) is 2.81. The molecule has 166 valence electrons. The van der Waals surface area contributed by atoms with E-state index >= 15 is 0 Å². The van der Waals surface area contributed by atoms with Gasteiger partial charge in [0.2, 0.25) is 0 Å². The fourth-order valence-corrected chi connectivity index (χ4v) is 4.72. The normalized spacial score (nSPS) is 12.6. The number of methoxy groups -OCH3 is 1. The maximum Gasteiger partial charge on any atom is 0.749 e. The molecule has 0 N–H and O–H groups in total. The highest BCUT2D eigenvalue weighted by Gasteiger charge is 2.47. The number of ether oxygens (including phenoxy) is 2. The molecule has 0 fully saturated rings. The highest BCUT2D eigenvalue weighted by Crippen LogP contribution is 2.26. The summed E-state index contributed by atoms with van der Waals surface area (Å²) in [4.78, 5) is 0. The van der Waals surface area contributed by atoms with Crippen LogP contribution in [0.3, 0.4) is 0 Å². The Balaban J connectivity index is 2.02. The summed E-state index contributed by atoms with van der Waals surface area (Å²) in [6.07, 6.45) is 1.05. The summed E-state index contributed by atoms with van der Waals surface area (Å²) in [5.74, 6) is 1.51. The van der Waals surface area contributed by atoms with Crippen LogP contribution < -0.4 is 9.16 Å². The number of hydrogen-bond acceptors (Lipinski definition) is 6. The molecule has 2 aromatic rings. The van der Waals surface area contributed by atoms with Crippen LogP contribution >= 0.6 is 0 Å². The molecule has 7 heteroatoms. The largest absolute Gasteiger partial charge is 0.749 e. The van der Waals surface area contributed by atoms with E-state index in [1.807, 2.05) is 76.2 Å². The monoisotopic (exact) mass is 434 g/mol. The van der Waals surface area contributed by atoms with Crippen LogP contribution in [-0.2, 0) is 18.0 Å². The van der Waals surface area contributed by atoms with Gasteiger partial charge >= 0.3 is 9.05 Å². The van der Waals surface area contributed by atoms with Gasteiger partial charge in [0.1, 0.15) is 11.5 Å². The molecule has 0 radical (unpaired) electrons. The third kappa shape index (κ3) is 7.41. The highest BCUT2D eigenvalue weighted by atomic mass is 28.4. The van der Waals surface area contributed by atoms with E-state index in [-0.39, 0.29) is 6.10 Å². The van der Waals surface area contributed by atoms with Gasteiger partial charge in [0.25, 0.3) is 0 Å². The fraction of sp³-hybridized carbons (Fsp3) is 0.478. The molecule has 0 amide bonds. The maximum atomic E-state index is 6.05. The molecule has 0 aliphatic carbocycles. The lowest BCUT2D eigenvalue weighted by Gasteiger charge is -2.27. The summed E-state index contributed by atoms with van der Waals surface area (Å²) in [6, 6.07) is 15.9. The van der Waals surface area contributed by atoms with Crippen molar-refractivity contribution >= 4 is 9.05 Å². The first-order chi connectivity index (χ1) is 14.6. The topological polar surface area (TPSA) is 55.4 Å². The van der Waals surface area contributed by atoms with Gasteiger partial charge in [-0.15, -0.1) is 0 Å². The van der Waals surface area contributed by atoms with Crippen molar-refractivity contribution in [1.82, 2.24) is 0 Å². The molecule has 1 unspecified atom stereocenters. The van der Waals surface area contributed by atoms with Gasteiger partial charge in [-0.1, -0.05) is 24.3 Å². The smallest absolute Gasteiger partial charge is 0.493 e. The summed E-state index contributed by atoms with van der Waals surface area (Å²) < 4.78 is 34.3. The minimum absolute atomic E-state index is 0.194. The van der Waals surface area contributed by atoms with E-state index in [0.29, 0.717) is 32.2 Å². The molecule has 0 aliphatic rings. The third-order valence-corrected chi connectivity index (χ3v) is 6.86. The van der Waals surface area contributed by atoms with Gasteiger partial charge < -0.3 is 27.2 Å². The standard InChI is InChI=1S/C23H34O6Si/c1-6-26-30(27-7-2,28-8-3)29-23-15-11-21(12-16-23)20-9-13-22(14-10-20)25-18-17-19(4)24-5/h9-16,19H,6-8,17-18H2,1-5H3. The van der Waals surface area contributed by atoms with Crippen molar-refractivity contribution in [3.8, 4) is 22.6 Å². The summed E-state index contributed by atoms with van der Waals surface area (Å²) >= 11 is 0. The Morgan fingerprint density at radius 3 is 1.63 bits per heavy atom. The van der Waals surface area contributed by atoms with Crippen LogP contribution in [0.5, 0.6) is 11.5 Å². The zero-order chi connectivity index (χ0) is 21.8. The molecule has 2 rings (SSSR count). The number of hydrogen-bond donors (Lipinski definition) is 0. The SMILES string of the molecule is CCO[Si](OCC)(OCC)Oc1ccc(-c2ccc(OCCC(C)OC)cc2)cc1. The minimum Gasteiger partial charge on any atom is -0.493 e. The molecule has 0 spiro atoms. The molecule has 0 bridgehead atoms. The number of rotatable bonds is 14. The molecule has 2 aromatic carbocycles. The summed E-state index contributed by atoms with van der Waals surface area (Å²) in [6.45, 7) is 9.75. The predicted octanol–water partition coefficient (Wildman–Crippen LogP) is 5.08. The van der Waals surface area contributed by atoms with Crippen LogP contribution in [0.4, 0.5) is 0 Å². The minimum atomic E-state index is -3.19. The van der Waals surface area contributed by atoms with Crippen molar-refractivity contribution in [1.29, 1.82) is 0 Å². The van der Waals surface area contributed by atoms with E-state index in [2.05, 4.69) is 0 Å². The second kappa shape index (κ2) is 12.7. The van der Waals surface area contributed by atoms with Crippen molar-refractivity contribution in [2.45, 2.75) is 40.2 Å². The van der Waals surface area contributed by atoms with Crippen LogP contribution in [0.1, 0.15) is 34.1 Å². The van der Waals surface area contributed by atoms with E-state index in [4.69, 9.17) is 27.2 Å². The quantitative estimate of drug-likeness (QED) is 0.387. The van der Waals surface area contributed by atoms with Gasteiger partial charge in [-0.05, 0) is 63.1 Å². The average molecular weight is 435 g/mol. The Kier molecular flexibility index (Phi) is 10.3. The first-order valence-electron chi connectivity index (χ1n) is 10.5. The van der Waals surface area contributed by atoms with E-state index in [1.165, 1.54) is 0 Å². The molecule has 1 atom stereocenters. The van der Waals surface area contributed by atoms with E-state index in [9.17, 15) is 0 Å². The summed E-state index contributed by atoms with van der Waals surface area (Å²) in [7, 11) is -1.48. The van der Waals surface area contributed by atoms with Crippen LogP contribution in [0.2, 0.25) is 0 Å². The molecule has 30 heavy (non-hydrogen) atoms. The molecule has 0 saturated carbocycles. The number of benzene rings is 2. The molecule has 6 nitrogen and oxygen atoms in total. The van der Waals surface area contributed by atoms with Crippen LogP contribution in [0.25, 0.3) is 11.1 Å². The highest BCUT2D eigenvalue weighted by molar-refractivity contribution is 6.54. The van der Waals surface area contributed by atoms with Crippen LogP contribution in [0.15, 0.2) is 48.5 Å². The van der Waals surface area contributed by atoms with E-state index in [0.717, 1.165) is 23.3 Å². The van der Waals surface area contributed by atoms with E-state index < -0.39 is 9.05 Å². The lowest BCUT2D eigenvalue weighted by atomic mass is 10.1. The Morgan fingerprint density at radius 1 is 0.733 bits per heavy atom. The van der Waals surface area contributed by atoms with Crippen molar-refractivity contribution < 1.29 is 27.2 Å². The molecular weight excluding hydrogens is 400 g/mol. The van der Waals surface area contributed by atoms with Crippen molar-refractivity contribution in [2.24, 2.45) is 0 Å². The third-order valence-electron chi connectivity index (χ3n) is 4.44. The predicted molar refractivity (Wildman–Crippen MR) is 120 cm³/mol. The Bertz CT molecular complexity index is 702. The summed E-state index contributed by atoms with van der Waals surface area (Å²) in [5, 5.41) is 0. The van der Waals surface area contributed by atoms with Gasteiger partial charge in [0, 0.05) is 33.4 Å². The van der Waals surface area contributed by atoms with Gasteiger partial charge in [0.05, 0.1) is 12.7 Å². The molecule has 0 aliphatic heterocycles. The first kappa shape index (κ1) is 24.4. The van der Waals surface area contributed by atoms with Crippen molar-refractivity contribution in [2.75, 3.05) is 33.5 Å². The lowest BCUT2D eigenvalue weighted by Crippen LogP contribution is -2.52. The van der Waals surface area contributed by atoms with Crippen molar-refractivity contribution in [3.05, 3.63) is 48.5 Å². The van der Waals surface area contributed by atoms with Gasteiger partial charge in [-0.3, -0.25) is 0 Å². The zero-order valence-electron chi connectivity index (χ0n) is 18.7. The first-order valence-corrected chi connectivity index (χ1v) is 12.2. The lowest BCUT2D eigenvalue weighted by molar-refractivity contribution is 0.00970. The Morgan fingerprint density at radius 2 is 1.20 bits per heavy atom. The van der Waals surface area contributed by atoms with Gasteiger partial charge in [-0.25, -0.2) is 0 Å². The molecular formula is C23H34O6Si. The molecule has 0 heterocycles. The molecule has 0 saturated heterocycles. The van der Waals surface area contributed by atoms with E-state index in [1.54, 1.807) is 7.11 Å². The average Bonchev–Trinajstić information content (AvgIpc) is 2.75. The second-order valence-electron chi connectivity index (χ2n) is 6.63. The van der Waals surface area contributed by atoms with Gasteiger partial charge in [0.15, 0.2) is 0 Å². The van der Waals surface area contributed by atoms with Crippen LogP contribution in [0, 0.1) is 0 Å². The molecule has 0 aromatic heterocycles. The Labute approximate surface area is 181 Å². The van der Waals surface area contributed by atoms with Gasteiger partial charge in [-0.2, -0.15) is 0 Å².